The second-order valence-corrected chi connectivity index (χ2v) is 4.38. The number of hydrogen-bond donors (Lipinski definition) is 1. The minimum absolute atomic E-state index is 0.652. The third kappa shape index (κ3) is 2.93. The number of ether oxygens (including phenoxy) is 1. The molecule has 1 N–H and O–H groups in total. The van der Waals surface area contributed by atoms with Crippen LogP contribution < -0.4 is 10.1 Å². The van der Waals surface area contributed by atoms with E-state index in [-0.39, 0.29) is 0 Å². The summed E-state index contributed by atoms with van der Waals surface area (Å²) in [5.74, 6) is 0.729. The first kappa shape index (κ1) is 12.7. The maximum absolute atomic E-state index is 6.11. The van der Waals surface area contributed by atoms with Crippen molar-refractivity contribution in [2.24, 2.45) is 0 Å². The van der Waals surface area contributed by atoms with Gasteiger partial charge in [-0.1, -0.05) is 29.8 Å². The molecule has 0 fully saturated rings. The van der Waals surface area contributed by atoms with Crippen LogP contribution in [0.25, 0.3) is 0 Å². The van der Waals surface area contributed by atoms with Crippen LogP contribution in [0.4, 0.5) is 5.69 Å². The van der Waals surface area contributed by atoms with E-state index in [0.717, 1.165) is 27.7 Å². The van der Waals surface area contributed by atoms with Gasteiger partial charge in [0.15, 0.2) is 5.75 Å². The molecule has 0 aliphatic rings. The molecule has 0 radical (unpaired) electrons. The topological polar surface area (TPSA) is 34.1 Å². The minimum Gasteiger partial charge on any atom is -0.493 e. The van der Waals surface area contributed by atoms with E-state index in [2.05, 4.69) is 10.3 Å². The summed E-state index contributed by atoms with van der Waals surface area (Å²) in [6.45, 7) is 2.60. The van der Waals surface area contributed by atoms with Crippen molar-refractivity contribution in [1.29, 1.82) is 0 Å². The quantitative estimate of drug-likeness (QED) is 0.913. The first-order valence-electron chi connectivity index (χ1n) is 5.68. The normalized spacial score (nSPS) is 10.2. The molecule has 0 unspecified atom stereocenters. The number of pyridine rings is 1. The van der Waals surface area contributed by atoms with Gasteiger partial charge in [0.05, 0.1) is 19.0 Å². The molecule has 4 heteroatoms. The highest BCUT2D eigenvalue weighted by Gasteiger charge is 2.05. The van der Waals surface area contributed by atoms with Gasteiger partial charge in [0.25, 0.3) is 0 Å². The molecule has 3 nitrogen and oxygen atoms in total. The van der Waals surface area contributed by atoms with Crippen LogP contribution in [0, 0.1) is 6.92 Å². The molecular weight excluding hydrogens is 248 g/mol. The van der Waals surface area contributed by atoms with Crippen molar-refractivity contribution in [1.82, 2.24) is 4.98 Å². The minimum atomic E-state index is 0.652. The Morgan fingerprint density at radius 2 is 2.11 bits per heavy atom. The van der Waals surface area contributed by atoms with Crippen LogP contribution in [-0.4, -0.2) is 12.1 Å². The van der Waals surface area contributed by atoms with Crippen molar-refractivity contribution < 1.29 is 4.74 Å². The van der Waals surface area contributed by atoms with Gasteiger partial charge in [0, 0.05) is 17.3 Å². The van der Waals surface area contributed by atoms with Crippen molar-refractivity contribution in [3.63, 3.8) is 0 Å². The van der Waals surface area contributed by atoms with E-state index in [1.165, 1.54) is 0 Å². The zero-order valence-electron chi connectivity index (χ0n) is 10.4. The molecule has 2 aromatic rings. The van der Waals surface area contributed by atoms with Gasteiger partial charge in [-0.25, -0.2) is 0 Å². The molecule has 0 aliphatic heterocycles. The largest absolute Gasteiger partial charge is 0.493 e. The lowest BCUT2D eigenvalue weighted by Gasteiger charge is -2.12. The fourth-order valence-electron chi connectivity index (χ4n) is 1.68. The molecule has 18 heavy (non-hydrogen) atoms. The Hall–Kier alpha value is -1.74. The summed E-state index contributed by atoms with van der Waals surface area (Å²) in [6.07, 6.45) is 1.71. The zero-order valence-corrected chi connectivity index (χ0v) is 11.2. The summed E-state index contributed by atoms with van der Waals surface area (Å²) < 4.78 is 5.26. The summed E-state index contributed by atoms with van der Waals surface area (Å²) >= 11 is 6.11. The van der Waals surface area contributed by atoms with Crippen molar-refractivity contribution in [3.05, 3.63) is 52.8 Å². The number of anilines is 1. The Morgan fingerprint density at radius 3 is 2.83 bits per heavy atom. The van der Waals surface area contributed by atoms with Gasteiger partial charge in [-0.2, -0.15) is 0 Å². The summed E-state index contributed by atoms with van der Waals surface area (Å²) in [6, 6.07) is 9.72. The fraction of sp³-hybridized carbons (Fsp3) is 0.214. The number of rotatable bonds is 4. The molecule has 0 aliphatic carbocycles. The van der Waals surface area contributed by atoms with Crippen LogP contribution >= 0.6 is 11.6 Å². The molecule has 0 atom stereocenters. The Labute approximate surface area is 112 Å². The first-order valence-corrected chi connectivity index (χ1v) is 6.06. The van der Waals surface area contributed by atoms with Crippen molar-refractivity contribution in [2.75, 3.05) is 12.4 Å². The third-order valence-electron chi connectivity index (χ3n) is 2.65. The number of aromatic nitrogens is 1. The maximum Gasteiger partial charge on any atom is 0.160 e. The summed E-state index contributed by atoms with van der Waals surface area (Å²) in [4.78, 5) is 4.19. The molecule has 0 amide bonds. The van der Waals surface area contributed by atoms with Crippen molar-refractivity contribution in [3.8, 4) is 5.75 Å². The van der Waals surface area contributed by atoms with Gasteiger partial charge in [-0.15, -0.1) is 0 Å². The smallest absolute Gasteiger partial charge is 0.160 e. The van der Waals surface area contributed by atoms with E-state index in [1.807, 2.05) is 37.3 Å². The molecular formula is C14H15ClN2O. The molecule has 0 saturated heterocycles. The average Bonchev–Trinajstić information content (AvgIpc) is 2.38. The van der Waals surface area contributed by atoms with Crippen LogP contribution in [0.1, 0.15) is 11.3 Å². The second-order valence-electron chi connectivity index (χ2n) is 3.97. The van der Waals surface area contributed by atoms with Crippen LogP contribution in [0.5, 0.6) is 5.75 Å². The maximum atomic E-state index is 6.11. The standard InChI is InChI=1S/C14H15ClN2O/c1-10-7-13(14(18-2)9-16-10)17-8-11-5-3-4-6-12(11)15/h3-7,9H,8H2,1-2H3,(H,16,17). The SMILES string of the molecule is COc1cnc(C)cc1NCc1ccccc1Cl. The molecule has 1 aromatic heterocycles. The highest BCUT2D eigenvalue weighted by molar-refractivity contribution is 6.31. The fourth-order valence-corrected chi connectivity index (χ4v) is 1.88. The van der Waals surface area contributed by atoms with E-state index in [1.54, 1.807) is 13.3 Å². The molecule has 0 saturated carbocycles. The van der Waals surface area contributed by atoms with Crippen molar-refractivity contribution in [2.45, 2.75) is 13.5 Å². The van der Waals surface area contributed by atoms with E-state index in [0.29, 0.717) is 6.54 Å². The molecule has 1 heterocycles. The number of nitrogens with zero attached hydrogens (tertiary/aromatic N) is 1. The molecule has 0 spiro atoms. The first-order chi connectivity index (χ1) is 8.70. The lowest BCUT2D eigenvalue weighted by molar-refractivity contribution is 0.414. The highest BCUT2D eigenvalue weighted by Crippen LogP contribution is 2.25. The van der Waals surface area contributed by atoms with Crippen LogP contribution in [-0.2, 0) is 6.54 Å². The van der Waals surface area contributed by atoms with Crippen molar-refractivity contribution >= 4 is 17.3 Å². The summed E-state index contributed by atoms with van der Waals surface area (Å²) in [7, 11) is 1.63. The van der Waals surface area contributed by atoms with Gasteiger partial charge >= 0.3 is 0 Å². The van der Waals surface area contributed by atoms with Gasteiger partial charge in [-0.3, -0.25) is 4.98 Å². The number of nitrogens with one attached hydrogen (secondary N) is 1. The summed E-state index contributed by atoms with van der Waals surface area (Å²) in [5.41, 5.74) is 2.91. The Bertz CT molecular complexity index is 543. The third-order valence-corrected chi connectivity index (χ3v) is 3.02. The van der Waals surface area contributed by atoms with Crippen LogP contribution in [0.3, 0.4) is 0 Å². The molecule has 0 bridgehead atoms. The molecule has 94 valence electrons. The van der Waals surface area contributed by atoms with E-state index in [9.17, 15) is 0 Å². The zero-order chi connectivity index (χ0) is 13.0. The number of methoxy groups -OCH3 is 1. The van der Waals surface area contributed by atoms with Gasteiger partial charge in [-0.05, 0) is 24.6 Å². The Morgan fingerprint density at radius 1 is 1.33 bits per heavy atom. The van der Waals surface area contributed by atoms with E-state index in [4.69, 9.17) is 16.3 Å². The van der Waals surface area contributed by atoms with Gasteiger partial charge < -0.3 is 10.1 Å². The Kier molecular flexibility index (Phi) is 4.05. The van der Waals surface area contributed by atoms with Crippen LogP contribution in [0.2, 0.25) is 5.02 Å². The molecule has 1 aromatic carbocycles. The van der Waals surface area contributed by atoms with Gasteiger partial charge in [0.1, 0.15) is 0 Å². The number of halogens is 1. The van der Waals surface area contributed by atoms with Gasteiger partial charge in [0.2, 0.25) is 0 Å². The monoisotopic (exact) mass is 262 g/mol. The number of aryl methyl sites for hydroxylation is 1. The number of benzene rings is 1. The Balaban J connectivity index is 2.15. The average molecular weight is 263 g/mol. The predicted octanol–water partition coefficient (Wildman–Crippen LogP) is 3.66. The lowest BCUT2D eigenvalue weighted by Crippen LogP contribution is -2.02. The highest BCUT2D eigenvalue weighted by atomic mass is 35.5. The lowest BCUT2D eigenvalue weighted by atomic mass is 10.2. The van der Waals surface area contributed by atoms with Crippen LogP contribution in [0.15, 0.2) is 36.5 Å². The molecule has 2 rings (SSSR count). The number of hydrogen-bond acceptors (Lipinski definition) is 3. The summed E-state index contributed by atoms with van der Waals surface area (Å²) in [5, 5.41) is 4.07. The van der Waals surface area contributed by atoms with E-state index < -0.39 is 0 Å². The second kappa shape index (κ2) is 5.74. The van der Waals surface area contributed by atoms with E-state index >= 15 is 0 Å². The predicted molar refractivity (Wildman–Crippen MR) is 74.3 cm³/mol.